The SMILES string of the molecule is C=C(CNc1ccc(C(=O)NC(C2=CC=NCC2)c2ccc(F)cc2)cc1N)/C(O)=C\C=C(/C)c1cccnc1OC. The van der Waals surface area contributed by atoms with Gasteiger partial charge in [0, 0.05) is 42.2 Å². The van der Waals surface area contributed by atoms with Crippen molar-refractivity contribution < 1.29 is 19.0 Å². The maximum absolute atomic E-state index is 13.5. The summed E-state index contributed by atoms with van der Waals surface area (Å²) >= 11 is 0. The summed E-state index contributed by atoms with van der Waals surface area (Å²) < 4.78 is 18.8. The van der Waals surface area contributed by atoms with Crippen molar-refractivity contribution in [3.63, 3.8) is 0 Å². The van der Waals surface area contributed by atoms with Crippen LogP contribution >= 0.6 is 0 Å². The predicted molar refractivity (Wildman–Crippen MR) is 166 cm³/mol. The Morgan fingerprint density at radius 2 is 2.00 bits per heavy atom. The van der Waals surface area contributed by atoms with E-state index in [1.54, 1.807) is 62.0 Å². The molecule has 0 bridgehead atoms. The van der Waals surface area contributed by atoms with Gasteiger partial charge in [0.05, 0.1) is 24.5 Å². The van der Waals surface area contributed by atoms with Crippen LogP contribution in [0.15, 0.2) is 107 Å². The van der Waals surface area contributed by atoms with Crippen molar-refractivity contribution in [1.82, 2.24) is 10.3 Å². The molecule has 1 amide bonds. The largest absolute Gasteiger partial charge is 0.508 e. The molecule has 4 rings (SSSR count). The first kappa shape index (κ1) is 29.8. The van der Waals surface area contributed by atoms with E-state index in [1.165, 1.54) is 12.1 Å². The van der Waals surface area contributed by atoms with Crippen LogP contribution in [-0.2, 0) is 0 Å². The molecule has 0 aliphatic carbocycles. The Hall–Kier alpha value is -5.18. The lowest BCUT2D eigenvalue weighted by molar-refractivity contribution is 0.0942. The van der Waals surface area contributed by atoms with Crippen LogP contribution in [-0.4, -0.2) is 42.4 Å². The molecule has 0 saturated carbocycles. The van der Waals surface area contributed by atoms with E-state index in [0.29, 0.717) is 41.4 Å². The van der Waals surface area contributed by atoms with E-state index in [-0.39, 0.29) is 24.0 Å². The van der Waals surface area contributed by atoms with Crippen molar-refractivity contribution in [2.45, 2.75) is 19.4 Å². The number of ether oxygens (including phenoxy) is 1. The molecule has 1 unspecified atom stereocenters. The van der Waals surface area contributed by atoms with Gasteiger partial charge in [0.15, 0.2) is 0 Å². The number of hydrogen-bond acceptors (Lipinski definition) is 7. The third-order valence-electron chi connectivity index (χ3n) is 6.82. The fraction of sp³-hybridized carbons (Fsp3) is 0.182. The number of anilines is 2. The number of pyridine rings is 1. The number of rotatable bonds is 11. The molecule has 5 N–H and O–H groups in total. The minimum Gasteiger partial charge on any atom is -0.508 e. The Morgan fingerprint density at radius 1 is 1.21 bits per heavy atom. The molecular weight excluding hydrogens is 533 g/mol. The number of aliphatic hydroxyl groups is 1. The molecule has 0 radical (unpaired) electrons. The number of nitrogen functional groups attached to an aromatic ring is 1. The fourth-order valence-corrected chi connectivity index (χ4v) is 4.42. The Kier molecular flexibility index (Phi) is 9.89. The normalized spacial score (nSPS) is 14.1. The topological polar surface area (TPSA) is 122 Å². The van der Waals surface area contributed by atoms with Gasteiger partial charge in [-0.2, -0.15) is 0 Å². The maximum atomic E-state index is 13.5. The summed E-state index contributed by atoms with van der Waals surface area (Å²) in [5.41, 5.74) is 11.5. The van der Waals surface area contributed by atoms with E-state index >= 15 is 0 Å². The van der Waals surface area contributed by atoms with E-state index < -0.39 is 6.04 Å². The van der Waals surface area contributed by atoms with Gasteiger partial charge in [-0.25, -0.2) is 9.37 Å². The number of nitrogens with two attached hydrogens (primary N) is 1. The summed E-state index contributed by atoms with van der Waals surface area (Å²) in [7, 11) is 1.56. The number of dihydropyridines is 1. The summed E-state index contributed by atoms with van der Waals surface area (Å²) in [6, 6.07) is 14.3. The number of carbonyl (C=O) groups excluding carboxylic acids is 1. The van der Waals surface area contributed by atoms with Gasteiger partial charge in [0.2, 0.25) is 5.88 Å². The van der Waals surface area contributed by atoms with Gasteiger partial charge in [0.25, 0.3) is 5.91 Å². The van der Waals surface area contributed by atoms with Gasteiger partial charge in [-0.1, -0.05) is 24.8 Å². The van der Waals surface area contributed by atoms with Crippen LogP contribution in [0.3, 0.4) is 0 Å². The number of benzene rings is 2. The van der Waals surface area contributed by atoms with Crippen LogP contribution < -0.4 is 21.1 Å². The van der Waals surface area contributed by atoms with Crippen molar-refractivity contribution >= 4 is 29.1 Å². The summed E-state index contributed by atoms with van der Waals surface area (Å²) in [4.78, 5) is 21.6. The predicted octanol–water partition coefficient (Wildman–Crippen LogP) is 6.20. The number of aliphatic imine (C=N–C) groups is 1. The standard InChI is InChI=1S/C33H34FN5O3/c1-21(27-5-4-16-37-33(27)42-3)6-13-30(40)22(2)20-38-29-12-9-25(19-28(29)35)32(41)39-31(24-14-17-36-18-15-24)23-7-10-26(34)11-8-23/h4-14,16-17,19,31,38,40H,2,15,18,20,35H2,1,3H3,(H,39,41)/b21-6+,30-13+. The molecule has 2 aromatic carbocycles. The minimum atomic E-state index is -0.432. The second kappa shape index (κ2) is 13.9. The van der Waals surface area contributed by atoms with Crippen molar-refractivity contribution in [2.75, 3.05) is 31.2 Å². The number of aromatic nitrogens is 1. The van der Waals surface area contributed by atoms with Crippen LogP contribution in [0.2, 0.25) is 0 Å². The van der Waals surface area contributed by atoms with Gasteiger partial charge in [-0.05, 0) is 84.7 Å². The van der Waals surface area contributed by atoms with Crippen LogP contribution in [0.4, 0.5) is 15.8 Å². The van der Waals surface area contributed by atoms with Gasteiger partial charge in [-0.15, -0.1) is 0 Å². The van der Waals surface area contributed by atoms with Gasteiger partial charge in [0.1, 0.15) is 11.6 Å². The first-order chi connectivity index (χ1) is 20.3. The number of allylic oxidation sites excluding steroid dienone is 4. The molecule has 42 heavy (non-hydrogen) atoms. The lowest BCUT2D eigenvalue weighted by atomic mass is 9.94. The number of amides is 1. The Labute approximate surface area is 244 Å². The van der Waals surface area contributed by atoms with Crippen LogP contribution in [0.5, 0.6) is 5.88 Å². The summed E-state index contributed by atoms with van der Waals surface area (Å²) in [5.74, 6) is -0.155. The van der Waals surface area contributed by atoms with Crippen LogP contribution in [0, 0.1) is 5.82 Å². The zero-order valence-corrected chi connectivity index (χ0v) is 23.6. The average Bonchev–Trinajstić information content (AvgIpc) is 3.02. The lowest BCUT2D eigenvalue weighted by Crippen LogP contribution is -2.30. The van der Waals surface area contributed by atoms with E-state index in [0.717, 1.165) is 22.3 Å². The second-order valence-corrected chi connectivity index (χ2v) is 9.73. The molecule has 3 aromatic rings. The molecule has 216 valence electrons. The molecule has 8 nitrogen and oxygen atoms in total. The zero-order valence-electron chi connectivity index (χ0n) is 23.6. The number of carbonyl (C=O) groups is 1. The van der Waals surface area contributed by atoms with Gasteiger partial charge < -0.3 is 26.2 Å². The fourth-order valence-electron chi connectivity index (χ4n) is 4.42. The highest BCUT2D eigenvalue weighted by Crippen LogP contribution is 2.28. The first-order valence-corrected chi connectivity index (χ1v) is 13.4. The summed E-state index contributed by atoms with van der Waals surface area (Å²) in [6.07, 6.45) is 9.25. The third kappa shape index (κ3) is 7.51. The van der Waals surface area contributed by atoms with Crippen LogP contribution in [0.1, 0.15) is 40.9 Å². The lowest BCUT2D eigenvalue weighted by Gasteiger charge is -2.23. The molecule has 9 heteroatoms. The molecule has 1 atom stereocenters. The van der Waals surface area contributed by atoms with Crippen LogP contribution in [0.25, 0.3) is 5.57 Å². The Balaban J connectivity index is 1.41. The van der Waals surface area contributed by atoms with Crippen molar-refractivity contribution in [3.8, 4) is 5.88 Å². The molecule has 1 aromatic heterocycles. The number of methoxy groups -OCH3 is 1. The Morgan fingerprint density at radius 3 is 2.69 bits per heavy atom. The number of halogens is 1. The number of nitrogens with one attached hydrogen (secondary N) is 2. The van der Waals surface area contributed by atoms with Gasteiger partial charge in [-0.3, -0.25) is 9.79 Å². The number of aliphatic hydroxyl groups excluding tert-OH is 1. The van der Waals surface area contributed by atoms with Crippen molar-refractivity contribution in [1.29, 1.82) is 0 Å². The third-order valence-corrected chi connectivity index (χ3v) is 6.82. The Bertz CT molecular complexity index is 1570. The van der Waals surface area contributed by atoms with Crippen molar-refractivity contribution in [2.24, 2.45) is 4.99 Å². The highest BCUT2D eigenvalue weighted by Gasteiger charge is 2.21. The van der Waals surface area contributed by atoms with E-state index in [4.69, 9.17) is 10.5 Å². The van der Waals surface area contributed by atoms with E-state index in [1.807, 2.05) is 25.1 Å². The smallest absolute Gasteiger partial charge is 0.252 e. The maximum Gasteiger partial charge on any atom is 0.252 e. The van der Waals surface area contributed by atoms with E-state index in [2.05, 4.69) is 27.2 Å². The average molecular weight is 568 g/mol. The highest BCUT2D eigenvalue weighted by atomic mass is 19.1. The molecule has 1 aliphatic rings. The van der Waals surface area contributed by atoms with Crippen molar-refractivity contribution in [3.05, 3.63) is 125 Å². The monoisotopic (exact) mass is 567 g/mol. The molecule has 2 heterocycles. The number of nitrogens with zero attached hydrogens (tertiary/aromatic N) is 2. The highest BCUT2D eigenvalue weighted by molar-refractivity contribution is 5.96. The van der Waals surface area contributed by atoms with Gasteiger partial charge >= 0.3 is 0 Å². The molecule has 1 aliphatic heterocycles. The molecule has 0 spiro atoms. The van der Waals surface area contributed by atoms with E-state index in [9.17, 15) is 14.3 Å². The zero-order chi connectivity index (χ0) is 30.1. The molecule has 0 saturated heterocycles. The second-order valence-electron chi connectivity index (χ2n) is 9.73. The summed E-state index contributed by atoms with van der Waals surface area (Å²) in [6.45, 7) is 6.69. The minimum absolute atomic E-state index is 0.00757. The summed E-state index contributed by atoms with van der Waals surface area (Å²) in [5, 5.41) is 16.7. The molecular formula is C33H34FN5O3. The quantitative estimate of drug-likeness (QED) is 0.124. The molecule has 0 fully saturated rings. The number of hydrogen-bond donors (Lipinski definition) is 4. The first-order valence-electron chi connectivity index (χ1n) is 13.4.